The monoisotopic (exact) mass is 309 g/mol. The average Bonchev–Trinajstić information content (AvgIpc) is 2.58. The Bertz CT molecular complexity index is 933. The number of ether oxygens (including phenoxy) is 1. The number of rotatable bonds is 3. The fraction of sp³-hybridized carbons (Fsp3) is 0.118. The van der Waals surface area contributed by atoms with Gasteiger partial charge in [0.2, 0.25) is 5.43 Å². The van der Waals surface area contributed by atoms with Crippen LogP contribution in [0.15, 0.2) is 53.6 Å². The van der Waals surface area contributed by atoms with E-state index in [2.05, 4.69) is 10.3 Å². The van der Waals surface area contributed by atoms with Crippen molar-refractivity contribution in [3.05, 3.63) is 64.6 Å². The van der Waals surface area contributed by atoms with Crippen LogP contribution in [0.1, 0.15) is 10.4 Å². The Morgan fingerprint density at radius 1 is 1.26 bits per heavy atom. The van der Waals surface area contributed by atoms with Crippen LogP contribution in [0.5, 0.6) is 5.75 Å². The van der Waals surface area contributed by atoms with Gasteiger partial charge in [0.05, 0.1) is 18.0 Å². The SMILES string of the molecule is COc1ccc2c(c1)c(=O)c(C(=O)Nc1ccccn1)cn2C. The molecule has 1 aromatic carbocycles. The van der Waals surface area contributed by atoms with Crippen molar-refractivity contribution in [2.45, 2.75) is 0 Å². The smallest absolute Gasteiger partial charge is 0.262 e. The van der Waals surface area contributed by atoms with E-state index < -0.39 is 5.91 Å². The second kappa shape index (κ2) is 5.92. The number of hydrogen-bond donors (Lipinski definition) is 1. The minimum atomic E-state index is -0.492. The number of amides is 1. The fourth-order valence-corrected chi connectivity index (χ4v) is 2.38. The first-order valence-corrected chi connectivity index (χ1v) is 7.00. The van der Waals surface area contributed by atoms with Crippen molar-refractivity contribution in [2.24, 2.45) is 7.05 Å². The molecule has 0 aliphatic heterocycles. The number of carbonyl (C=O) groups excluding carboxylic acids is 1. The summed E-state index contributed by atoms with van der Waals surface area (Å²) in [5.41, 5.74) is 0.439. The molecule has 6 nitrogen and oxygen atoms in total. The van der Waals surface area contributed by atoms with Gasteiger partial charge in [-0.15, -0.1) is 0 Å². The first-order valence-electron chi connectivity index (χ1n) is 7.00. The zero-order chi connectivity index (χ0) is 16.4. The lowest BCUT2D eigenvalue weighted by Gasteiger charge is -2.10. The zero-order valence-corrected chi connectivity index (χ0v) is 12.7. The molecule has 0 fully saturated rings. The Labute approximate surface area is 132 Å². The number of pyridine rings is 2. The highest BCUT2D eigenvalue weighted by atomic mass is 16.5. The Morgan fingerprint density at radius 2 is 2.09 bits per heavy atom. The molecule has 1 amide bonds. The van der Waals surface area contributed by atoms with E-state index in [1.807, 2.05) is 0 Å². The summed E-state index contributed by atoms with van der Waals surface area (Å²) >= 11 is 0. The summed E-state index contributed by atoms with van der Waals surface area (Å²) in [5, 5.41) is 3.06. The lowest BCUT2D eigenvalue weighted by molar-refractivity contribution is 0.102. The lowest BCUT2D eigenvalue weighted by Crippen LogP contribution is -2.23. The maximum absolute atomic E-state index is 12.6. The molecule has 0 saturated heterocycles. The molecule has 0 spiro atoms. The molecule has 23 heavy (non-hydrogen) atoms. The molecule has 6 heteroatoms. The minimum absolute atomic E-state index is 0.0545. The minimum Gasteiger partial charge on any atom is -0.497 e. The van der Waals surface area contributed by atoms with Gasteiger partial charge in [-0.25, -0.2) is 4.98 Å². The van der Waals surface area contributed by atoms with Gasteiger partial charge < -0.3 is 14.6 Å². The third kappa shape index (κ3) is 2.78. The number of nitrogens with one attached hydrogen (secondary N) is 1. The largest absolute Gasteiger partial charge is 0.497 e. The van der Waals surface area contributed by atoms with E-state index in [0.29, 0.717) is 17.0 Å². The molecule has 0 atom stereocenters. The fourth-order valence-electron chi connectivity index (χ4n) is 2.38. The standard InChI is InChI=1S/C17H15N3O3/c1-20-10-13(17(22)19-15-5-3-4-8-18-15)16(21)12-9-11(23-2)6-7-14(12)20/h3-10H,1-2H3,(H,18,19,22). The summed E-state index contributed by atoms with van der Waals surface area (Å²) in [4.78, 5) is 29.0. The van der Waals surface area contributed by atoms with E-state index in [9.17, 15) is 9.59 Å². The second-order valence-electron chi connectivity index (χ2n) is 5.03. The summed E-state index contributed by atoms with van der Waals surface area (Å²) in [5.74, 6) is 0.469. The number of nitrogens with zero attached hydrogens (tertiary/aromatic N) is 2. The molecule has 2 aromatic heterocycles. The third-order valence-electron chi connectivity index (χ3n) is 3.55. The number of benzene rings is 1. The molecular weight excluding hydrogens is 294 g/mol. The van der Waals surface area contributed by atoms with Crippen LogP contribution in [0.4, 0.5) is 5.82 Å². The average molecular weight is 309 g/mol. The van der Waals surface area contributed by atoms with Crippen molar-refractivity contribution in [1.29, 1.82) is 0 Å². The highest BCUT2D eigenvalue weighted by Crippen LogP contribution is 2.18. The van der Waals surface area contributed by atoms with Crippen LogP contribution in [0.3, 0.4) is 0 Å². The summed E-state index contributed by atoms with van der Waals surface area (Å²) in [6.07, 6.45) is 3.09. The summed E-state index contributed by atoms with van der Waals surface area (Å²) in [7, 11) is 3.31. The maximum atomic E-state index is 12.6. The van der Waals surface area contributed by atoms with E-state index >= 15 is 0 Å². The van der Waals surface area contributed by atoms with Gasteiger partial charge in [-0.2, -0.15) is 0 Å². The normalized spacial score (nSPS) is 10.5. The van der Waals surface area contributed by atoms with Gasteiger partial charge >= 0.3 is 0 Å². The first kappa shape index (κ1) is 14.8. The topological polar surface area (TPSA) is 73.2 Å². The Balaban J connectivity index is 2.09. The van der Waals surface area contributed by atoms with E-state index in [-0.39, 0.29) is 11.0 Å². The number of carbonyl (C=O) groups is 1. The van der Waals surface area contributed by atoms with Gasteiger partial charge in [0.25, 0.3) is 5.91 Å². The van der Waals surface area contributed by atoms with E-state index in [1.54, 1.807) is 54.2 Å². The van der Waals surface area contributed by atoms with Crippen molar-refractivity contribution in [3.63, 3.8) is 0 Å². The van der Waals surface area contributed by atoms with Gasteiger partial charge in [-0.05, 0) is 30.3 Å². The van der Waals surface area contributed by atoms with E-state index in [1.165, 1.54) is 13.3 Å². The predicted octanol–water partition coefficient (Wildman–Crippen LogP) is 2.19. The molecule has 0 aliphatic carbocycles. The van der Waals surface area contributed by atoms with Crippen LogP contribution in [-0.4, -0.2) is 22.6 Å². The van der Waals surface area contributed by atoms with Crippen molar-refractivity contribution < 1.29 is 9.53 Å². The summed E-state index contributed by atoms with van der Waals surface area (Å²) in [6.45, 7) is 0. The van der Waals surface area contributed by atoms with E-state index in [4.69, 9.17) is 4.74 Å². The van der Waals surface area contributed by atoms with Gasteiger partial charge in [-0.1, -0.05) is 6.07 Å². The van der Waals surface area contributed by atoms with Crippen LogP contribution in [0, 0.1) is 0 Å². The summed E-state index contributed by atoms with van der Waals surface area (Å²) in [6, 6.07) is 10.4. The molecule has 1 N–H and O–H groups in total. The van der Waals surface area contributed by atoms with Crippen LogP contribution in [-0.2, 0) is 7.05 Å². The zero-order valence-electron chi connectivity index (χ0n) is 12.7. The highest BCUT2D eigenvalue weighted by molar-refractivity contribution is 6.05. The van der Waals surface area contributed by atoms with Gasteiger partial charge in [0.15, 0.2) is 0 Å². The van der Waals surface area contributed by atoms with Crippen LogP contribution < -0.4 is 15.5 Å². The lowest BCUT2D eigenvalue weighted by atomic mass is 10.1. The molecular formula is C17H15N3O3. The molecule has 2 heterocycles. The molecule has 3 aromatic rings. The Morgan fingerprint density at radius 3 is 2.78 bits per heavy atom. The Hall–Kier alpha value is -3.15. The number of anilines is 1. The van der Waals surface area contributed by atoms with E-state index in [0.717, 1.165) is 5.52 Å². The van der Waals surface area contributed by atoms with Crippen molar-refractivity contribution in [2.75, 3.05) is 12.4 Å². The van der Waals surface area contributed by atoms with Crippen LogP contribution in [0.25, 0.3) is 10.9 Å². The summed E-state index contributed by atoms with van der Waals surface area (Å²) < 4.78 is 6.89. The number of fused-ring (bicyclic) bond motifs is 1. The first-order chi connectivity index (χ1) is 11.1. The molecule has 3 rings (SSSR count). The Kier molecular flexibility index (Phi) is 3.80. The molecule has 0 unspecified atom stereocenters. The number of methoxy groups -OCH3 is 1. The van der Waals surface area contributed by atoms with Crippen molar-refractivity contribution in [1.82, 2.24) is 9.55 Å². The van der Waals surface area contributed by atoms with Crippen molar-refractivity contribution in [3.8, 4) is 5.75 Å². The third-order valence-corrected chi connectivity index (χ3v) is 3.55. The van der Waals surface area contributed by atoms with Gasteiger partial charge in [-0.3, -0.25) is 9.59 Å². The van der Waals surface area contributed by atoms with Crippen LogP contribution >= 0.6 is 0 Å². The molecule has 116 valence electrons. The van der Waals surface area contributed by atoms with Crippen molar-refractivity contribution >= 4 is 22.6 Å². The predicted molar refractivity (Wildman–Crippen MR) is 87.9 cm³/mol. The van der Waals surface area contributed by atoms with Crippen LogP contribution in [0.2, 0.25) is 0 Å². The quantitative estimate of drug-likeness (QED) is 0.805. The molecule has 0 aliphatic rings. The number of aryl methyl sites for hydroxylation is 1. The highest BCUT2D eigenvalue weighted by Gasteiger charge is 2.15. The van der Waals surface area contributed by atoms with Gasteiger partial charge in [0.1, 0.15) is 17.1 Å². The van der Waals surface area contributed by atoms with Gasteiger partial charge in [0, 0.05) is 19.4 Å². The molecule has 0 bridgehead atoms. The number of hydrogen-bond acceptors (Lipinski definition) is 4. The maximum Gasteiger partial charge on any atom is 0.262 e. The molecule has 0 radical (unpaired) electrons. The molecule has 0 saturated carbocycles. The second-order valence-corrected chi connectivity index (χ2v) is 5.03. The number of aromatic nitrogens is 2.